The van der Waals surface area contributed by atoms with Gasteiger partial charge in [0.15, 0.2) is 6.61 Å². The van der Waals surface area contributed by atoms with Crippen LogP contribution in [-0.4, -0.2) is 24.0 Å². The Morgan fingerprint density at radius 2 is 2.14 bits per heavy atom. The second-order valence-electron chi connectivity index (χ2n) is 5.54. The molecule has 1 aromatic heterocycles. The van der Waals surface area contributed by atoms with Crippen LogP contribution in [0.2, 0.25) is 0 Å². The summed E-state index contributed by atoms with van der Waals surface area (Å²) in [5.74, 6) is -0.786. The molecule has 0 bridgehead atoms. The van der Waals surface area contributed by atoms with Crippen LogP contribution in [0.15, 0.2) is 17.5 Å². The van der Waals surface area contributed by atoms with Crippen molar-refractivity contribution in [2.45, 2.75) is 50.5 Å². The highest BCUT2D eigenvalue weighted by atomic mass is 32.1. The molecule has 1 aliphatic rings. The molecule has 1 aromatic rings. The van der Waals surface area contributed by atoms with E-state index < -0.39 is 17.4 Å². The maximum atomic E-state index is 11.9. The molecule has 0 spiro atoms. The Kier molecular flexibility index (Phi) is 5.96. The lowest BCUT2D eigenvalue weighted by molar-refractivity contribution is -0.149. The number of thiophene rings is 1. The lowest BCUT2D eigenvalue weighted by atomic mass is 9.83. The van der Waals surface area contributed by atoms with Crippen LogP contribution >= 0.6 is 11.3 Å². The van der Waals surface area contributed by atoms with Crippen molar-refractivity contribution in [3.05, 3.63) is 22.4 Å². The van der Waals surface area contributed by atoms with Crippen LogP contribution in [-0.2, 0) is 20.7 Å². The number of carbonyl (C=O) groups is 2. The summed E-state index contributed by atoms with van der Waals surface area (Å²) < 4.78 is 4.98. The van der Waals surface area contributed by atoms with Crippen molar-refractivity contribution >= 4 is 23.2 Å². The number of amides is 1. The number of nitrogens with zero attached hydrogens (tertiary/aromatic N) is 1. The molecule has 1 N–H and O–H groups in total. The summed E-state index contributed by atoms with van der Waals surface area (Å²) in [7, 11) is 0. The standard InChI is InChI=1S/C16H20N2O3S/c17-12-16(8-2-1-3-9-16)18-14(19)11-21-15(20)7-6-13-5-4-10-22-13/h4-5,10H,1-3,6-9,11H2,(H,18,19). The molecule has 1 aliphatic carbocycles. The minimum atomic E-state index is -0.779. The topological polar surface area (TPSA) is 79.2 Å². The maximum absolute atomic E-state index is 11.9. The van der Waals surface area contributed by atoms with E-state index in [4.69, 9.17) is 4.74 Å². The van der Waals surface area contributed by atoms with Gasteiger partial charge >= 0.3 is 5.97 Å². The van der Waals surface area contributed by atoms with Gasteiger partial charge < -0.3 is 10.1 Å². The molecule has 2 rings (SSSR count). The Hall–Kier alpha value is -1.87. The van der Waals surface area contributed by atoms with Crippen LogP contribution in [0.1, 0.15) is 43.4 Å². The van der Waals surface area contributed by atoms with E-state index in [0.29, 0.717) is 19.3 Å². The Morgan fingerprint density at radius 3 is 2.77 bits per heavy atom. The van der Waals surface area contributed by atoms with Crippen molar-refractivity contribution in [3.63, 3.8) is 0 Å². The molecule has 0 saturated heterocycles. The molecule has 5 nitrogen and oxygen atoms in total. The number of nitrogens with one attached hydrogen (secondary N) is 1. The molecule has 1 fully saturated rings. The predicted octanol–water partition coefficient (Wildman–Crippen LogP) is 2.57. The Morgan fingerprint density at radius 1 is 1.36 bits per heavy atom. The van der Waals surface area contributed by atoms with Gasteiger partial charge in [0.05, 0.1) is 12.5 Å². The fourth-order valence-electron chi connectivity index (χ4n) is 2.62. The van der Waals surface area contributed by atoms with Gasteiger partial charge in [0.2, 0.25) is 0 Å². The number of nitriles is 1. The van der Waals surface area contributed by atoms with Crippen LogP contribution in [0.3, 0.4) is 0 Å². The molecule has 0 aliphatic heterocycles. The lowest BCUT2D eigenvalue weighted by Gasteiger charge is -2.31. The molecular formula is C16H20N2O3S. The molecule has 0 radical (unpaired) electrons. The lowest BCUT2D eigenvalue weighted by Crippen LogP contribution is -2.50. The summed E-state index contributed by atoms with van der Waals surface area (Å²) in [6, 6.07) is 6.11. The van der Waals surface area contributed by atoms with E-state index in [0.717, 1.165) is 24.1 Å². The van der Waals surface area contributed by atoms with Crippen LogP contribution in [0.5, 0.6) is 0 Å². The molecule has 1 heterocycles. The predicted molar refractivity (Wildman–Crippen MR) is 83.2 cm³/mol. The zero-order chi connectivity index (χ0) is 15.8. The second-order valence-corrected chi connectivity index (χ2v) is 6.58. The van der Waals surface area contributed by atoms with Gasteiger partial charge in [-0.2, -0.15) is 5.26 Å². The Bertz CT molecular complexity index is 542. The number of esters is 1. The van der Waals surface area contributed by atoms with Crippen molar-refractivity contribution in [2.24, 2.45) is 0 Å². The Balaban J connectivity index is 1.70. The molecule has 0 atom stereocenters. The zero-order valence-electron chi connectivity index (χ0n) is 12.5. The van der Waals surface area contributed by atoms with Crippen LogP contribution < -0.4 is 5.32 Å². The van der Waals surface area contributed by atoms with Gasteiger partial charge in [0, 0.05) is 4.88 Å². The van der Waals surface area contributed by atoms with E-state index in [-0.39, 0.29) is 13.0 Å². The fourth-order valence-corrected chi connectivity index (χ4v) is 3.33. The summed E-state index contributed by atoms with van der Waals surface area (Å²) in [4.78, 5) is 24.6. The van der Waals surface area contributed by atoms with Crippen LogP contribution in [0, 0.1) is 11.3 Å². The average molecular weight is 320 g/mol. The van der Waals surface area contributed by atoms with Gasteiger partial charge in [0.1, 0.15) is 5.54 Å². The average Bonchev–Trinajstić information content (AvgIpc) is 3.05. The molecule has 1 amide bonds. The first-order chi connectivity index (χ1) is 10.6. The molecule has 118 valence electrons. The second kappa shape index (κ2) is 7.95. The maximum Gasteiger partial charge on any atom is 0.306 e. The van der Waals surface area contributed by atoms with E-state index in [1.807, 2.05) is 17.5 Å². The van der Waals surface area contributed by atoms with Gasteiger partial charge in [-0.25, -0.2) is 0 Å². The number of ether oxygens (including phenoxy) is 1. The quantitative estimate of drug-likeness (QED) is 0.817. The smallest absolute Gasteiger partial charge is 0.306 e. The molecule has 0 unspecified atom stereocenters. The van der Waals surface area contributed by atoms with Crippen molar-refractivity contribution in [1.82, 2.24) is 5.32 Å². The highest BCUT2D eigenvalue weighted by Crippen LogP contribution is 2.27. The first-order valence-electron chi connectivity index (χ1n) is 7.54. The molecule has 6 heteroatoms. The third-order valence-electron chi connectivity index (χ3n) is 3.82. The first kappa shape index (κ1) is 16.5. The van der Waals surface area contributed by atoms with Crippen molar-refractivity contribution in [3.8, 4) is 6.07 Å². The minimum Gasteiger partial charge on any atom is -0.456 e. The summed E-state index contributed by atoms with van der Waals surface area (Å²) in [5, 5.41) is 14.0. The molecule has 22 heavy (non-hydrogen) atoms. The number of rotatable bonds is 6. The summed E-state index contributed by atoms with van der Waals surface area (Å²) >= 11 is 1.59. The third-order valence-corrected chi connectivity index (χ3v) is 4.76. The molecular weight excluding hydrogens is 300 g/mol. The van der Waals surface area contributed by atoms with E-state index in [9.17, 15) is 14.9 Å². The highest BCUT2D eigenvalue weighted by molar-refractivity contribution is 7.09. The van der Waals surface area contributed by atoms with E-state index in [1.54, 1.807) is 11.3 Å². The monoisotopic (exact) mass is 320 g/mol. The van der Waals surface area contributed by atoms with Crippen LogP contribution in [0.25, 0.3) is 0 Å². The minimum absolute atomic E-state index is 0.261. The summed E-state index contributed by atoms with van der Waals surface area (Å²) in [6.45, 7) is -0.313. The summed E-state index contributed by atoms with van der Waals surface area (Å²) in [6.07, 6.45) is 5.19. The van der Waals surface area contributed by atoms with Gasteiger partial charge in [-0.15, -0.1) is 11.3 Å². The number of hydrogen-bond donors (Lipinski definition) is 1. The van der Waals surface area contributed by atoms with E-state index in [1.165, 1.54) is 0 Å². The molecule has 0 aromatic carbocycles. The summed E-state index contributed by atoms with van der Waals surface area (Å²) in [5.41, 5.74) is -0.779. The van der Waals surface area contributed by atoms with E-state index in [2.05, 4.69) is 11.4 Å². The van der Waals surface area contributed by atoms with Gasteiger partial charge in [0.25, 0.3) is 5.91 Å². The van der Waals surface area contributed by atoms with Gasteiger partial charge in [-0.3, -0.25) is 9.59 Å². The SMILES string of the molecule is N#CC1(NC(=O)COC(=O)CCc2cccs2)CCCCC1. The Labute approximate surface area is 134 Å². The van der Waals surface area contributed by atoms with Gasteiger partial charge in [-0.05, 0) is 30.7 Å². The number of carbonyl (C=O) groups excluding carboxylic acids is 2. The normalized spacial score (nSPS) is 16.5. The molecule has 1 saturated carbocycles. The largest absolute Gasteiger partial charge is 0.456 e. The third kappa shape index (κ3) is 4.85. The van der Waals surface area contributed by atoms with Gasteiger partial charge in [-0.1, -0.05) is 25.3 Å². The zero-order valence-corrected chi connectivity index (χ0v) is 13.3. The number of hydrogen-bond acceptors (Lipinski definition) is 5. The first-order valence-corrected chi connectivity index (χ1v) is 8.42. The van der Waals surface area contributed by atoms with Crippen molar-refractivity contribution in [2.75, 3.05) is 6.61 Å². The number of aryl methyl sites for hydroxylation is 1. The van der Waals surface area contributed by atoms with Crippen molar-refractivity contribution < 1.29 is 14.3 Å². The van der Waals surface area contributed by atoms with Crippen LogP contribution in [0.4, 0.5) is 0 Å². The fraction of sp³-hybridized carbons (Fsp3) is 0.562. The van der Waals surface area contributed by atoms with E-state index >= 15 is 0 Å². The highest BCUT2D eigenvalue weighted by Gasteiger charge is 2.33. The van der Waals surface area contributed by atoms with Crippen molar-refractivity contribution in [1.29, 1.82) is 5.26 Å².